The lowest BCUT2D eigenvalue weighted by Crippen LogP contribution is -2.29. The fraction of sp³-hybridized carbons (Fsp3) is 0.500. The summed E-state index contributed by atoms with van der Waals surface area (Å²) in [6.45, 7) is 2.12. The molecule has 1 aromatic carbocycles. The van der Waals surface area contributed by atoms with Crippen molar-refractivity contribution < 1.29 is 0 Å². The fourth-order valence-corrected chi connectivity index (χ4v) is 2.99. The van der Waals surface area contributed by atoms with Gasteiger partial charge in [0.2, 0.25) is 0 Å². The molecule has 3 heteroatoms. The molecule has 0 saturated heterocycles. The zero-order chi connectivity index (χ0) is 13.7. The minimum absolute atomic E-state index is 0.157. The molecule has 1 atom stereocenters. The van der Waals surface area contributed by atoms with Gasteiger partial charge in [-0.15, -0.1) is 0 Å². The summed E-state index contributed by atoms with van der Waals surface area (Å²) in [5.74, 6) is 5.81. The van der Waals surface area contributed by atoms with Crippen molar-refractivity contribution in [3.8, 4) is 0 Å². The monoisotopic (exact) mass is 322 g/mol. The molecular weight excluding hydrogens is 300 g/mol. The first-order valence-electron chi connectivity index (χ1n) is 7.13. The average molecular weight is 323 g/mol. The summed E-state index contributed by atoms with van der Waals surface area (Å²) in [6.07, 6.45) is 10.0. The zero-order valence-electron chi connectivity index (χ0n) is 11.6. The molecule has 1 aliphatic rings. The van der Waals surface area contributed by atoms with Crippen LogP contribution in [0.25, 0.3) is 0 Å². The highest BCUT2D eigenvalue weighted by Gasteiger charge is 2.16. The number of hydrazine groups is 1. The Morgan fingerprint density at radius 1 is 1.21 bits per heavy atom. The van der Waals surface area contributed by atoms with Crippen molar-refractivity contribution in [2.45, 2.75) is 51.5 Å². The summed E-state index contributed by atoms with van der Waals surface area (Å²) in [6, 6.07) is 6.64. The number of benzene rings is 1. The number of nitrogens with one attached hydrogen (secondary N) is 1. The Bertz CT molecular complexity index is 454. The van der Waals surface area contributed by atoms with Crippen LogP contribution in [0.15, 0.2) is 34.3 Å². The predicted molar refractivity (Wildman–Crippen MR) is 84.7 cm³/mol. The van der Waals surface area contributed by atoms with Crippen molar-refractivity contribution in [1.82, 2.24) is 5.43 Å². The van der Waals surface area contributed by atoms with E-state index in [1.165, 1.54) is 48.8 Å². The summed E-state index contributed by atoms with van der Waals surface area (Å²) in [5, 5.41) is 0. The molecule has 2 rings (SSSR count). The Hall–Kier alpha value is -0.640. The maximum absolute atomic E-state index is 5.81. The molecule has 0 fully saturated rings. The molecule has 104 valence electrons. The molecule has 0 heterocycles. The molecule has 0 saturated carbocycles. The first kappa shape index (κ1) is 14.8. The van der Waals surface area contributed by atoms with Crippen LogP contribution in [0, 0.1) is 6.92 Å². The van der Waals surface area contributed by atoms with E-state index in [4.69, 9.17) is 5.84 Å². The summed E-state index contributed by atoms with van der Waals surface area (Å²) < 4.78 is 1.15. The van der Waals surface area contributed by atoms with E-state index in [0.29, 0.717) is 0 Å². The number of aryl methyl sites for hydroxylation is 1. The third-order valence-corrected chi connectivity index (χ3v) is 4.77. The third kappa shape index (κ3) is 3.91. The third-order valence-electron chi connectivity index (χ3n) is 3.88. The van der Waals surface area contributed by atoms with Crippen LogP contribution in [0.2, 0.25) is 0 Å². The van der Waals surface area contributed by atoms with Gasteiger partial charge in [0.15, 0.2) is 0 Å². The molecule has 2 nitrogen and oxygen atoms in total. The first-order valence-corrected chi connectivity index (χ1v) is 7.93. The summed E-state index contributed by atoms with van der Waals surface area (Å²) in [7, 11) is 0. The number of allylic oxidation sites excluding steroid dienone is 1. The number of nitrogens with two attached hydrogens (primary N) is 1. The predicted octanol–water partition coefficient (Wildman–Crippen LogP) is 4.54. The van der Waals surface area contributed by atoms with E-state index >= 15 is 0 Å². The van der Waals surface area contributed by atoms with Gasteiger partial charge in [0, 0.05) is 4.47 Å². The van der Waals surface area contributed by atoms with Crippen molar-refractivity contribution in [3.05, 3.63) is 45.4 Å². The minimum Gasteiger partial charge on any atom is -0.271 e. The molecule has 1 aliphatic carbocycles. The minimum atomic E-state index is 0.157. The van der Waals surface area contributed by atoms with Crippen LogP contribution in [-0.4, -0.2) is 0 Å². The highest BCUT2D eigenvalue weighted by atomic mass is 79.9. The van der Waals surface area contributed by atoms with Crippen LogP contribution in [0.5, 0.6) is 0 Å². The van der Waals surface area contributed by atoms with Crippen LogP contribution in [-0.2, 0) is 0 Å². The van der Waals surface area contributed by atoms with E-state index in [2.05, 4.69) is 52.6 Å². The number of hydrogen-bond donors (Lipinski definition) is 2. The van der Waals surface area contributed by atoms with E-state index in [0.717, 1.165) is 10.9 Å². The van der Waals surface area contributed by atoms with Gasteiger partial charge in [0.1, 0.15) is 0 Å². The van der Waals surface area contributed by atoms with Gasteiger partial charge in [0.05, 0.1) is 6.04 Å². The molecule has 0 radical (unpaired) electrons. The van der Waals surface area contributed by atoms with Crippen LogP contribution in [0.3, 0.4) is 0 Å². The van der Waals surface area contributed by atoms with E-state index in [9.17, 15) is 0 Å². The topological polar surface area (TPSA) is 38.0 Å². The van der Waals surface area contributed by atoms with E-state index < -0.39 is 0 Å². The molecule has 0 aromatic heterocycles. The van der Waals surface area contributed by atoms with Crippen molar-refractivity contribution in [2.75, 3.05) is 0 Å². The normalized spacial score (nSPS) is 21.1. The quantitative estimate of drug-likeness (QED) is 0.487. The molecule has 0 spiro atoms. The maximum atomic E-state index is 5.81. The van der Waals surface area contributed by atoms with Gasteiger partial charge >= 0.3 is 0 Å². The van der Waals surface area contributed by atoms with Crippen molar-refractivity contribution >= 4 is 15.9 Å². The van der Waals surface area contributed by atoms with Crippen LogP contribution >= 0.6 is 15.9 Å². The Labute approximate surface area is 124 Å². The highest BCUT2D eigenvalue weighted by Crippen LogP contribution is 2.30. The van der Waals surface area contributed by atoms with Gasteiger partial charge in [-0.1, -0.05) is 52.6 Å². The van der Waals surface area contributed by atoms with Crippen LogP contribution in [0.4, 0.5) is 0 Å². The SMILES string of the molecule is Cc1cc(C(NN)/C2=C/CCCCCC2)ccc1Br. The summed E-state index contributed by atoms with van der Waals surface area (Å²) >= 11 is 3.55. The van der Waals surface area contributed by atoms with Crippen molar-refractivity contribution in [3.63, 3.8) is 0 Å². The summed E-state index contributed by atoms with van der Waals surface area (Å²) in [4.78, 5) is 0. The van der Waals surface area contributed by atoms with Gasteiger partial charge in [-0.05, 0) is 49.8 Å². The van der Waals surface area contributed by atoms with Crippen molar-refractivity contribution in [1.29, 1.82) is 0 Å². The second-order valence-corrected chi connectivity index (χ2v) is 6.19. The Morgan fingerprint density at radius 3 is 2.74 bits per heavy atom. The number of rotatable bonds is 3. The number of hydrogen-bond acceptors (Lipinski definition) is 2. The Morgan fingerprint density at radius 2 is 2.00 bits per heavy atom. The second-order valence-electron chi connectivity index (χ2n) is 5.34. The van der Waals surface area contributed by atoms with Gasteiger partial charge in [-0.2, -0.15) is 0 Å². The zero-order valence-corrected chi connectivity index (χ0v) is 13.2. The van der Waals surface area contributed by atoms with Gasteiger partial charge in [-0.25, -0.2) is 5.43 Å². The smallest absolute Gasteiger partial charge is 0.0670 e. The fourth-order valence-electron chi connectivity index (χ4n) is 2.74. The molecule has 0 aliphatic heterocycles. The molecule has 0 bridgehead atoms. The first-order chi connectivity index (χ1) is 9.22. The molecule has 3 N–H and O–H groups in total. The lowest BCUT2D eigenvalue weighted by atomic mass is 9.91. The lowest BCUT2D eigenvalue weighted by Gasteiger charge is -2.22. The standard InChI is InChI=1S/C16H23BrN2/c1-12-11-14(9-10-15(12)17)16(19-18)13-7-5-3-2-4-6-8-13/h7,9-11,16,19H,2-6,8,18H2,1H3/b13-7+. The van der Waals surface area contributed by atoms with Crippen LogP contribution in [0.1, 0.15) is 55.7 Å². The van der Waals surface area contributed by atoms with Gasteiger partial charge in [0.25, 0.3) is 0 Å². The van der Waals surface area contributed by atoms with E-state index in [-0.39, 0.29) is 6.04 Å². The lowest BCUT2D eigenvalue weighted by molar-refractivity contribution is 0.555. The van der Waals surface area contributed by atoms with Gasteiger partial charge < -0.3 is 0 Å². The van der Waals surface area contributed by atoms with Crippen LogP contribution < -0.4 is 11.3 Å². The largest absolute Gasteiger partial charge is 0.271 e. The molecule has 19 heavy (non-hydrogen) atoms. The van der Waals surface area contributed by atoms with E-state index in [1.807, 2.05) is 0 Å². The Balaban J connectivity index is 2.24. The molecule has 1 unspecified atom stereocenters. The average Bonchev–Trinajstić information content (AvgIpc) is 2.36. The van der Waals surface area contributed by atoms with E-state index in [1.54, 1.807) is 0 Å². The molecule has 0 amide bonds. The maximum Gasteiger partial charge on any atom is 0.0670 e. The highest BCUT2D eigenvalue weighted by molar-refractivity contribution is 9.10. The molecule has 1 aromatic rings. The molecular formula is C16H23BrN2. The van der Waals surface area contributed by atoms with Gasteiger partial charge in [-0.3, -0.25) is 5.84 Å². The number of halogens is 1. The van der Waals surface area contributed by atoms with Crippen molar-refractivity contribution in [2.24, 2.45) is 5.84 Å². The second kappa shape index (κ2) is 7.22. The summed E-state index contributed by atoms with van der Waals surface area (Å²) in [5.41, 5.74) is 6.96. The Kier molecular flexibility index (Phi) is 5.61.